The maximum absolute atomic E-state index is 12.4. The molecule has 4 rings (SSSR count). The number of ether oxygens (including phenoxy) is 1. The van der Waals surface area contributed by atoms with E-state index in [1.807, 2.05) is 19.9 Å². The summed E-state index contributed by atoms with van der Waals surface area (Å²) < 4.78 is 5.31. The summed E-state index contributed by atoms with van der Waals surface area (Å²) in [5.41, 5.74) is 4.04. The average Bonchev–Trinajstić information content (AvgIpc) is 2.99. The fraction of sp³-hybridized carbons (Fsp3) is 0.750. The highest BCUT2D eigenvalue weighted by molar-refractivity contribution is 5.91. The molecule has 4 aliphatic carbocycles. The molecule has 0 heterocycles. The Bertz CT molecular complexity index is 730. The molecule has 0 spiro atoms. The van der Waals surface area contributed by atoms with Crippen LogP contribution in [0.2, 0.25) is 0 Å². The molecule has 3 heteroatoms. The first kappa shape index (κ1) is 19.0. The topological polar surface area (TPSA) is 43.4 Å². The summed E-state index contributed by atoms with van der Waals surface area (Å²) >= 11 is 0. The molecular formula is C24H34O3. The van der Waals surface area contributed by atoms with Gasteiger partial charge >= 0.3 is 5.97 Å². The van der Waals surface area contributed by atoms with Crippen LogP contribution in [0.5, 0.6) is 0 Å². The molecule has 27 heavy (non-hydrogen) atoms. The second kappa shape index (κ2) is 6.60. The number of rotatable bonds is 2. The van der Waals surface area contributed by atoms with Crippen LogP contribution in [0.1, 0.15) is 79.1 Å². The van der Waals surface area contributed by atoms with Crippen molar-refractivity contribution in [2.24, 2.45) is 28.6 Å². The van der Waals surface area contributed by atoms with E-state index in [4.69, 9.17) is 4.74 Å². The molecule has 3 fully saturated rings. The fourth-order valence-electron chi connectivity index (χ4n) is 7.35. The summed E-state index contributed by atoms with van der Waals surface area (Å²) in [5, 5.41) is 0. The zero-order valence-electron chi connectivity index (χ0n) is 17.4. The SMILES string of the molecule is CCOC(=O)/C(C)=C1/CC[C@H]2[C@@H]3CCC4=CC(=O)CC[C@]4(C)[C@H]3CC[C@]12C. The molecule has 3 saturated carbocycles. The molecule has 0 amide bonds. The van der Waals surface area contributed by atoms with Crippen molar-refractivity contribution in [2.75, 3.05) is 6.61 Å². The Hall–Kier alpha value is -1.38. The van der Waals surface area contributed by atoms with Crippen LogP contribution in [0.3, 0.4) is 0 Å². The van der Waals surface area contributed by atoms with Gasteiger partial charge in [0.15, 0.2) is 5.78 Å². The van der Waals surface area contributed by atoms with Crippen molar-refractivity contribution in [3.63, 3.8) is 0 Å². The molecule has 0 aromatic carbocycles. The van der Waals surface area contributed by atoms with E-state index in [-0.39, 0.29) is 16.8 Å². The van der Waals surface area contributed by atoms with Crippen molar-refractivity contribution in [1.29, 1.82) is 0 Å². The lowest BCUT2D eigenvalue weighted by atomic mass is 9.47. The van der Waals surface area contributed by atoms with Crippen LogP contribution in [0, 0.1) is 28.6 Å². The molecule has 0 unspecified atom stereocenters. The molecule has 0 N–H and O–H groups in total. The Kier molecular flexibility index (Phi) is 4.63. The van der Waals surface area contributed by atoms with E-state index < -0.39 is 0 Å². The predicted molar refractivity (Wildman–Crippen MR) is 106 cm³/mol. The third kappa shape index (κ3) is 2.76. The molecular weight excluding hydrogens is 336 g/mol. The zero-order chi connectivity index (χ0) is 19.4. The van der Waals surface area contributed by atoms with Crippen LogP contribution >= 0.6 is 0 Å². The molecule has 0 bridgehead atoms. The van der Waals surface area contributed by atoms with Gasteiger partial charge in [-0.25, -0.2) is 4.79 Å². The molecule has 4 aliphatic rings. The van der Waals surface area contributed by atoms with E-state index in [9.17, 15) is 9.59 Å². The summed E-state index contributed by atoms with van der Waals surface area (Å²) in [7, 11) is 0. The Morgan fingerprint density at radius 2 is 1.81 bits per heavy atom. The van der Waals surface area contributed by atoms with Gasteiger partial charge in [0.25, 0.3) is 0 Å². The number of fused-ring (bicyclic) bond motifs is 5. The van der Waals surface area contributed by atoms with Gasteiger partial charge in [-0.05, 0) is 93.5 Å². The molecule has 0 aliphatic heterocycles. The van der Waals surface area contributed by atoms with E-state index in [1.54, 1.807) is 0 Å². The third-order valence-corrected chi connectivity index (χ3v) is 8.78. The van der Waals surface area contributed by atoms with Gasteiger partial charge in [-0.1, -0.05) is 25.0 Å². The van der Waals surface area contributed by atoms with Gasteiger partial charge in [-0.3, -0.25) is 4.79 Å². The number of ketones is 1. The van der Waals surface area contributed by atoms with Crippen molar-refractivity contribution in [2.45, 2.75) is 79.1 Å². The minimum atomic E-state index is -0.122. The van der Waals surface area contributed by atoms with Crippen molar-refractivity contribution in [1.82, 2.24) is 0 Å². The summed E-state index contributed by atoms with van der Waals surface area (Å²) in [5.74, 6) is 2.31. The van der Waals surface area contributed by atoms with Gasteiger partial charge in [-0.2, -0.15) is 0 Å². The standard InChI is InChI=1S/C24H34O3/c1-5-27-22(26)15(2)19-8-9-20-18-7-6-16-14-17(25)10-12-23(16,3)21(18)11-13-24(19,20)4/h14,18,20-21H,5-13H2,1-4H3/b19-15-/t18-,20-,21-,23-,24+/m0/s1. The number of carbonyl (C=O) groups excluding carboxylic acids is 2. The van der Waals surface area contributed by atoms with Crippen LogP contribution in [0.4, 0.5) is 0 Å². The van der Waals surface area contributed by atoms with Crippen molar-refractivity contribution >= 4 is 11.8 Å². The van der Waals surface area contributed by atoms with Crippen LogP contribution in [0.15, 0.2) is 22.8 Å². The van der Waals surface area contributed by atoms with E-state index >= 15 is 0 Å². The van der Waals surface area contributed by atoms with Gasteiger partial charge in [-0.15, -0.1) is 0 Å². The summed E-state index contributed by atoms with van der Waals surface area (Å²) in [6, 6.07) is 0. The molecule has 148 valence electrons. The maximum atomic E-state index is 12.4. The highest BCUT2D eigenvalue weighted by atomic mass is 16.5. The summed E-state index contributed by atoms with van der Waals surface area (Å²) in [6.45, 7) is 9.14. The lowest BCUT2D eigenvalue weighted by Crippen LogP contribution is -2.49. The van der Waals surface area contributed by atoms with E-state index in [0.29, 0.717) is 24.2 Å². The molecule has 0 saturated heterocycles. The lowest BCUT2D eigenvalue weighted by Gasteiger charge is -2.57. The Morgan fingerprint density at radius 1 is 1.07 bits per heavy atom. The highest BCUT2D eigenvalue weighted by Crippen LogP contribution is 2.66. The lowest BCUT2D eigenvalue weighted by molar-refractivity contribution is -0.138. The normalized spacial score (nSPS) is 42.6. The van der Waals surface area contributed by atoms with Crippen LogP contribution in [0.25, 0.3) is 0 Å². The summed E-state index contributed by atoms with van der Waals surface area (Å²) in [6.07, 6.45) is 10.7. The first-order valence-corrected chi connectivity index (χ1v) is 10.9. The number of hydrogen-bond donors (Lipinski definition) is 0. The monoisotopic (exact) mass is 370 g/mol. The molecule has 5 atom stereocenters. The van der Waals surface area contributed by atoms with Gasteiger partial charge in [0.05, 0.1) is 6.61 Å². The molecule has 3 nitrogen and oxygen atoms in total. The van der Waals surface area contributed by atoms with Gasteiger partial charge < -0.3 is 4.74 Å². The van der Waals surface area contributed by atoms with Crippen molar-refractivity contribution in [3.05, 3.63) is 22.8 Å². The second-order valence-electron chi connectivity index (χ2n) is 9.79. The van der Waals surface area contributed by atoms with E-state index in [1.165, 1.54) is 36.8 Å². The largest absolute Gasteiger partial charge is 0.463 e. The van der Waals surface area contributed by atoms with Crippen molar-refractivity contribution in [3.8, 4) is 0 Å². The Morgan fingerprint density at radius 3 is 2.56 bits per heavy atom. The van der Waals surface area contributed by atoms with E-state index in [0.717, 1.165) is 37.2 Å². The number of carbonyl (C=O) groups is 2. The third-order valence-electron chi connectivity index (χ3n) is 8.78. The van der Waals surface area contributed by atoms with Crippen LogP contribution in [-0.2, 0) is 14.3 Å². The molecule has 0 radical (unpaired) electrons. The summed E-state index contributed by atoms with van der Waals surface area (Å²) in [4.78, 5) is 24.3. The van der Waals surface area contributed by atoms with Crippen LogP contribution in [-0.4, -0.2) is 18.4 Å². The van der Waals surface area contributed by atoms with E-state index in [2.05, 4.69) is 13.8 Å². The quantitative estimate of drug-likeness (QED) is 0.483. The van der Waals surface area contributed by atoms with Gasteiger partial charge in [0.2, 0.25) is 0 Å². The predicted octanol–water partition coefficient (Wildman–Crippen LogP) is 5.40. The smallest absolute Gasteiger partial charge is 0.333 e. The minimum Gasteiger partial charge on any atom is -0.463 e. The first-order chi connectivity index (χ1) is 12.8. The van der Waals surface area contributed by atoms with Gasteiger partial charge in [0, 0.05) is 12.0 Å². The van der Waals surface area contributed by atoms with Crippen molar-refractivity contribution < 1.29 is 14.3 Å². The average molecular weight is 371 g/mol. The first-order valence-electron chi connectivity index (χ1n) is 10.9. The maximum Gasteiger partial charge on any atom is 0.333 e. The Balaban J connectivity index is 1.65. The molecule has 0 aromatic rings. The zero-order valence-corrected chi connectivity index (χ0v) is 17.4. The number of allylic oxidation sites excluding steroid dienone is 2. The van der Waals surface area contributed by atoms with Gasteiger partial charge in [0.1, 0.15) is 0 Å². The highest BCUT2D eigenvalue weighted by Gasteiger charge is 2.58. The second-order valence-corrected chi connectivity index (χ2v) is 9.79. The molecule has 0 aromatic heterocycles. The fourth-order valence-corrected chi connectivity index (χ4v) is 7.35. The number of hydrogen-bond acceptors (Lipinski definition) is 3. The minimum absolute atomic E-state index is 0.122. The Labute approximate surface area is 163 Å². The van der Waals surface area contributed by atoms with Crippen LogP contribution < -0.4 is 0 Å². The number of esters is 1.